The third-order valence-corrected chi connectivity index (χ3v) is 4.13. The van der Waals surface area contributed by atoms with Crippen molar-refractivity contribution in [1.29, 1.82) is 0 Å². The minimum atomic E-state index is -0.114. The fourth-order valence-corrected chi connectivity index (χ4v) is 3.05. The van der Waals surface area contributed by atoms with Crippen molar-refractivity contribution in [3.63, 3.8) is 0 Å². The number of esters is 1. The Morgan fingerprint density at radius 3 is 3.14 bits per heavy atom. The van der Waals surface area contributed by atoms with E-state index in [-0.39, 0.29) is 17.9 Å². The van der Waals surface area contributed by atoms with Gasteiger partial charge in [-0.1, -0.05) is 13.3 Å². The number of nitrogens with one attached hydrogen (secondary N) is 1. The molecule has 0 aromatic carbocycles. The van der Waals surface area contributed by atoms with Crippen LogP contribution in [0.3, 0.4) is 0 Å². The molecule has 0 aliphatic heterocycles. The summed E-state index contributed by atoms with van der Waals surface area (Å²) < 4.78 is 6.55. The average Bonchev–Trinajstić information content (AvgIpc) is 3.16. The minimum absolute atomic E-state index is 0.00862. The van der Waals surface area contributed by atoms with Crippen LogP contribution in [0.4, 0.5) is 5.82 Å². The molecule has 7 nitrogen and oxygen atoms in total. The Balaban J connectivity index is 1.78. The van der Waals surface area contributed by atoms with Crippen LogP contribution in [0.2, 0.25) is 0 Å². The highest BCUT2D eigenvalue weighted by atomic mass is 16.5. The topological polar surface area (TPSA) is 81.4 Å². The number of nitrogens with zero attached hydrogens (tertiary/aromatic N) is 4. The molecule has 2 aromatic heterocycles. The van der Waals surface area contributed by atoms with E-state index in [1.807, 2.05) is 6.07 Å². The van der Waals surface area contributed by atoms with Crippen LogP contribution in [0.5, 0.6) is 0 Å². The summed E-state index contributed by atoms with van der Waals surface area (Å²) in [6, 6.07) is 2.27. The standard InChI is InChI=1S/C15H21N5O2/c1-3-4-11-8-13(20-15(19-11)16-9-17-20)18-12-6-5-10(7-12)14(21)22-2/h8-10,12,18H,3-7H2,1-2H3/t10-,12+/m0/s1. The first-order valence-corrected chi connectivity index (χ1v) is 7.75. The molecule has 3 rings (SSSR count). The van der Waals surface area contributed by atoms with Crippen molar-refractivity contribution in [2.45, 2.75) is 45.1 Å². The van der Waals surface area contributed by atoms with Crippen molar-refractivity contribution in [2.75, 3.05) is 12.4 Å². The van der Waals surface area contributed by atoms with Crippen LogP contribution < -0.4 is 5.32 Å². The second-order valence-electron chi connectivity index (χ2n) is 5.73. The summed E-state index contributed by atoms with van der Waals surface area (Å²) in [7, 11) is 1.45. The molecule has 2 heterocycles. The van der Waals surface area contributed by atoms with E-state index in [0.29, 0.717) is 5.78 Å². The van der Waals surface area contributed by atoms with E-state index in [9.17, 15) is 4.79 Å². The second-order valence-corrected chi connectivity index (χ2v) is 5.73. The number of carbonyl (C=O) groups excluding carboxylic acids is 1. The predicted molar refractivity (Wildman–Crippen MR) is 81.5 cm³/mol. The molecule has 2 aromatic rings. The summed E-state index contributed by atoms with van der Waals surface area (Å²) in [6.07, 6.45) is 6.04. The smallest absolute Gasteiger partial charge is 0.308 e. The molecule has 0 saturated heterocycles. The number of hydrogen-bond donors (Lipinski definition) is 1. The van der Waals surface area contributed by atoms with E-state index >= 15 is 0 Å². The van der Waals surface area contributed by atoms with Gasteiger partial charge in [-0.25, -0.2) is 4.98 Å². The van der Waals surface area contributed by atoms with Gasteiger partial charge in [-0.2, -0.15) is 14.6 Å². The number of hydrogen-bond acceptors (Lipinski definition) is 6. The Kier molecular flexibility index (Phi) is 4.22. The number of ether oxygens (including phenoxy) is 1. The van der Waals surface area contributed by atoms with Crippen molar-refractivity contribution < 1.29 is 9.53 Å². The summed E-state index contributed by atoms with van der Waals surface area (Å²) in [6.45, 7) is 2.13. The maximum Gasteiger partial charge on any atom is 0.308 e. The lowest BCUT2D eigenvalue weighted by atomic mass is 10.1. The lowest BCUT2D eigenvalue weighted by Gasteiger charge is -2.15. The second kappa shape index (κ2) is 6.29. The normalized spacial score (nSPS) is 21.2. The van der Waals surface area contributed by atoms with Crippen LogP contribution in [0.1, 0.15) is 38.3 Å². The lowest BCUT2D eigenvalue weighted by molar-refractivity contribution is -0.145. The number of methoxy groups -OCH3 is 1. The van der Waals surface area contributed by atoms with Crippen molar-refractivity contribution in [3.8, 4) is 0 Å². The maximum absolute atomic E-state index is 11.6. The van der Waals surface area contributed by atoms with Gasteiger partial charge in [0.2, 0.25) is 0 Å². The molecule has 1 fully saturated rings. The first-order chi connectivity index (χ1) is 10.7. The Morgan fingerprint density at radius 2 is 2.36 bits per heavy atom. The van der Waals surface area contributed by atoms with Crippen molar-refractivity contribution in [3.05, 3.63) is 18.1 Å². The van der Waals surface area contributed by atoms with Crippen LogP contribution in [-0.4, -0.2) is 38.7 Å². The average molecular weight is 303 g/mol. The Labute approximate surface area is 129 Å². The molecule has 22 heavy (non-hydrogen) atoms. The number of fused-ring (bicyclic) bond motifs is 1. The number of aryl methyl sites for hydroxylation is 1. The SMILES string of the molecule is CCCc1cc(N[C@@H]2CC[C@H](C(=O)OC)C2)n2ncnc2n1. The Hall–Kier alpha value is -2.18. The maximum atomic E-state index is 11.6. The molecule has 1 aliphatic rings. The van der Waals surface area contributed by atoms with E-state index < -0.39 is 0 Å². The van der Waals surface area contributed by atoms with Gasteiger partial charge in [-0.15, -0.1) is 0 Å². The summed E-state index contributed by atoms with van der Waals surface area (Å²) in [4.78, 5) is 20.3. The Morgan fingerprint density at radius 1 is 1.50 bits per heavy atom. The Bertz CT molecular complexity index is 669. The van der Waals surface area contributed by atoms with E-state index in [2.05, 4.69) is 27.3 Å². The van der Waals surface area contributed by atoms with Gasteiger partial charge < -0.3 is 10.1 Å². The third-order valence-electron chi connectivity index (χ3n) is 4.13. The number of rotatable bonds is 5. The molecule has 0 amide bonds. The quantitative estimate of drug-likeness (QED) is 0.849. The van der Waals surface area contributed by atoms with Gasteiger partial charge in [-0.05, 0) is 25.7 Å². The van der Waals surface area contributed by atoms with Gasteiger partial charge in [-0.3, -0.25) is 4.79 Å². The molecule has 0 bridgehead atoms. The highest BCUT2D eigenvalue weighted by molar-refractivity contribution is 5.72. The van der Waals surface area contributed by atoms with Crippen LogP contribution in [-0.2, 0) is 16.0 Å². The van der Waals surface area contributed by atoms with Crippen molar-refractivity contribution in [1.82, 2.24) is 19.6 Å². The zero-order valence-corrected chi connectivity index (χ0v) is 13.0. The van der Waals surface area contributed by atoms with E-state index in [1.165, 1.54) is 13.4 Å². The van der Waals surface area contributed by atoms with Crippen LogP contribution in [0.25, 0.3) is 5.78 Å². The summed E-state index contributed by atoms with van der Waals surface area (Å²) in [5.41, 5.74) is 1.01. The fourth-order valence-electron chi connectivity index (χ4n) is 3.05. The van der Waals surface area contributed by atoms with E-state index in [1.54, 1.807) is 4.52 Å². The molecule has 0 radical (unpaired) electrons. The first-order valence-electron chi connectivity index (χ1n) is 7.75. The number of carbonyl (C=O) groups is 1. The summed E-state index contributed by atoms with van der Waals surface area (Å²) in [5, 5.41) is 7.71. The number of aromatic nitrogens is 4. The van der Waals surface area contributed by atoms with Gasteiger partial charge in [0.15, 0.2) is 0 Å². The summed E-state index contributed by atoms with van der Waals surface area (Å²) in [5.74, 6) is 1.37. The largest absolute Gasteiger partial charge is 0.469 e. The zero-order valence-electron chi connectivity index (χ0n) is 13.0. The number of anilines is 1. The van der Waals surface area contributed by atoms with Crippen molar-refractivity contribution in [2.24, 2.45) is 5.92 Å². The predicted octanol–water partition coefficient (Wildman–Crippen LogP) is 1.83. The molecule has 1 saturated carbocycles. The van der Waals surface area contributed by atoms with Gasteiger partial charge in [0, 0.05) is 17.8 Å². The van der Waals surface area contributed by atoms with Crippen LogP contribution in [0, 0.1) is 5.92 Å². The van der Waals surface area contributed by atoms with Gasteiger partial charge in [0.1, 0.15) is 12.1 Å². The molecular weight excluding hydrogens is 282 g/mol. The van der Waals surface area contributed by atoms with Gasteiger partial charge >= 0.3 is 5.97 Å². The molecule has 1 N–H and O–H groups in total. The molecule has 2 atom stereocenters. The molecule has 1 aliphatic carbocycles. The zero-order chi connectivity index (χ0) is 15.5. The third kappa shape index (κ3) is 2.88. The molecular formula is C15H21N5O2. The van der Waals surface area contributed by atoms with E-state index in [0.717, 1.165) is 43.6 Å². The first kappa shape index (κ1) is 14.7. The summed E-state index contributed by atoms with van der Waals surface area (Å²) >= 11 is 0. The molecule has 0 spiro atoms. The highest BCUT2D eigenvalue weighted by Crippen LogP contribution is 2.29. The monoisotopic (exact) mass is 303 g/mol. The van der Waals surface area contributed by atoms with Crippen LogP contribution >= 0.6 is 0 Å². The lowest BCUT2D eigenvalue weighted by Crippen LogP contribution is -2.20. The van der Waals surface area contributed by atoms with Crippen LogP contribution in [0.15, 0.2) is 12.4 Å². The molecule has 7 heteroatoms. The van der Waals surface area contributed by atoms with Crippen molar-refractivity contribution >= 4 is 17.6 Å². The fraction of sp³-hybridized carbons (Fsp3) is 0.600. The highest BCUT2D eigenvalue weighted by Gasteiger charge is 2.31. The van der Waals surface area contributed by atoms with Gasteiger partial charge in [0.25, 0.3) is 5.78 Å². The minimum Gasteiger partial charge on any atom is -0.469 e. The molecule has 0 unspecified atom stereocenters. The van der Waals surface area contributed by atoms with Gasteiger partial charge in [0.05, 0.1) is 13.0 Å². The molecule has 118 valence electrons. The van der Waals surface area contributed by atoms with E-state index in [4.69, 9.17) is 4.74 Å².